The first-order valence-corrected chi connectivity index (χ1v) is 7.47. The third-order valence-corrected chi connectivity index (χ3v) is 4.28. The Hall–Kier alpha value is -1.20. The molecule has 4 nitrogen and oxygen atoms in total. The van der Waals surface area contributed by atoms with E-state index in [4.69, 9.17) is 12.2 Å². The van der Waals surface area contributed by atoms with E-state index in [2.05, 4.69) is 32.4 Å². The van der Waals surface area contributed by atoms with E-state index < -0.39 is 0 Å². The first-order valence-electron chi connectivity index (χ1n) is 7.06. The van der Waals surface area contributed by atoms with E-state index >= 15 is 0 Å². The highest BCUT2D eigenvalue weighted by Crippen LogP contribution is 2.27. The number of hydrogen-bond acceptors (Lipinski definition) is 3. The fourth-order valence-electron chi connectivity index (χ4n) is 3.06. The molecule has 0 spiro atoms. The van der Waals surface area contributed by atoms with Crippen molar-refractivity contribution in [3.05, 3.63) is 23.2 Å². The summed E-state index contributed by atoms with van der Waals surface area (Å²) >= 11 is 5.48. The Morgan fingerprint density at radius 3 is 2.95 bits per heavy atom. The predicted molar refractivity (Wildman–Crippen MR) is 79.9 cm³/mol. The molecule has 2 aromatic heterocycles. The topological polar surface area (TPSA) is 36.9 Å². The highest BCUT2D eigenvalue weighted by Gasteiger charge is 2.21. The van der Waals surface area contributed by atoms with Crippen molar-refractivity contribution in [3.8, 4) is 0 Å². The molecule has 3 rings (SSSR count). The molecule has 0 aliphatic carbocycles. The van der Waals surface area contributed by atoms with Crippen LogP contribution in [0, 0.1) is 4.77 Å². The van der Waals surface area contributed by atoms with Crippen molar-refractivity contribution in [3.63, 3.8) is 0 Å². The van der Waals surface area contributed by atoms with Gasteiger partial charge in [-0.05, 0) is 44.1 Å². The van der Waals surface area contributed by atoms with Gasteiger partial charge in [0.2, 0.25) is 0 Å². The minimum Gasteiger partial charge on any atom is -0.329 e. The van der Waals surface area contributed by atoms with Crippen LogP contribution in [0.2, 0.25) is 0 Å². The summed E-state index contributed by atoms with van der Waals surface area (Å²) in [6.45, 7) is 5.82. The molecule has 5 heteroatoms. The molecule has 0 radical (unpaired) electrons. The Bertz CT molecular complexity index is 607. The van der Waals surface area contributed by atoms with Gasteiger partial charge in [0.05, 0.1) is 17.2 Å². The van der Waals surface area contributed by atoms with Crippen molar-refractivity contribution in [1.82, 2.24) is 19.4 Å². The highest BCUT2D eigenvalue weighted by atomic mass is 32.1. The first kappa shape index (κ1) is 12.8. The van der Waals surface area contributed by atoms with E-state index in [0.717, 1.165) is 10.3 Å². The van der Waals surface area contributed by atoms with Crippen LogP contribution in [0.25, 0.3) is 11.0 Å². The molecule has 102 valence electrons. The summed E-state index contributed by atoms with van der Waals surface area (Å²) in [5.74, 6) is 0. The van der Waals surface area contributed by atoms with Crippen LogP contribution in [0.15, 0.2) is 18.5 Å². The zero-order chi connectivity index (χ0) is 13.2. The number of imidazole rings is 1. The molecule has 1 fully saturated rings. The second kappa shape index (κ2) is 5.43. The van der Waals surface area contributed by atoms with Gasteiger partial charge >= 0.3 is 0 Å². The van der Waals surface area contributed by atoms with Crippen molar-refractivity contribution in [1.29, 1.82) is 0 Å². The van der Waals surface area contributed by atoms with Gasteiger partial charge in [-0.15, -0.1) is 0 Å². The Morgan fingerprint density at radius 1 is 1.42 bits per heavy atom. The zero-order valence-electron chi connectivity index (χ0n) is 11.3. The number of pyridine rings is 1. The molecule has 1 aliphatic rings. The minimum absolute atomic E-state index is 0.525. The summed E-state index contributed by atoms with van der Waals surface area (Å²) in [6, 6.07) is 2.58. The highest BCUT2D eigenvalue weighted by molar-refractivity contribution is 7.71. The van der Waals surface area contributed by atoms with Crippen molar-refractivity contribution in [2.24, 2.45) is 0 Å². The fourth-order valence-corrected chi connectivity index (χ4v) is 3.42. The second-order valence-electron chi connectivity index (χ2n) is 5.27. The zero-order valence-corrected chi connectivity index (χ0v) is 12.1. The number of nitrogens with one attached hydrogen (secondary N) is 1. The average Bonchev–Trinajstić information content (AvgIpc) is 2.76. The summed E-state index contributed by atoms with van der Waals surface area (Å²) < 4.78 is 3.12. The van der Waals surface area contributed by atoms with Crippen molar-refractivity contribution in [2.75, 3.05) is 19.6 Å². The van der Waals surface area contributed by atoms with Crippen LogP contribution >= 0.6 is 12.2 Å². The third-order valence-electron chi connectivity index (χ3n) is 3.98. The summed E-state index contributed by atoms with van der Waals surface area (Å²) in [5, 5.41) is 0. The Kier molecular flexibility index (Phi) is 3.66. The van der Waals surface area contributed by atoms with Gasteiger partial charge in [0, 0.05) is 25.3 Å². The molecule has 0 amide bonds. The smallest absolute Gasteiger partial charge is 0.178 e. The summed E-state index contributed by atoms with van der Waals surface area (Å²) in [5.41, 5.74) is 2.23. The summed E-state index contributed by atoms with van der Waals surface area (Å²) in [4.78, 5) is 9.96. The lowest BCUT2D eigenvalue weighted by Gasteiger charge is -2.32. The average molecular weight is 276 g/mol. The molecule has 0 aromatic carbocycles. The molecule has 19 heavy (non-hydrogen) atoms. The normalized spacial score (nSPS) is 18.2. The molecule has 0 saturated carbocycles. The molecule has 2 aromatic rings. The molecule has 1 N–H and O–H groups in total. The number of fused-ring (bicyclic) bond motifs is 1. The first-order chi connectivity index (χ1) is 9.29. The van der Waals surface area contributed by atoms with Gasteiger partial charge in [0.25, 0.3) is 0 Å². The van der Waals surface area contributed by atoms with Crippen LogP contribution in [-0.2, 0) is 0 Å². The second-order valence-corrected chi connectivity index (χ2v) is 5.65. The Morgan fingerprint density at radius 2 is 2.21 bits per heavy atom. The maximum atomic E-state index is 5.48. The molecule has 0 bridgehead atoms. The van der Waals surface area contributed by atoms with E-state index in [1.807, 2.05) is 12.4 Å². The largest absolute Gasteiger partial charge is 0.329 e. The quantitative estimate of drug-likeness (QED) is 0.875. The number of aromatic amines is 1. The van der Waals surface area contributed by atoms with Crippen LogP contribution in [0.4, 0.5) is 0 Å². The molecule has 0 unspecified atom stereocenters. The minimum atomic E-state index is 0.525. The number of piperidine rings is 1. The number of likely N-dealkylation sites (tertiary alicyclic amines) is 1. The maximum Gasteiger partial charge on any atom is 0.178 e. The van der Waals surface area contributed by atoms with Crippen molar-refractivity contribution in [2.45, 2.75) is 32.2 Å². The van der Waals surface area contributed by atoms with E-state index in [1.54, 1.807) is 0 Å². The Labute approximate surface area is 118 Å². The molecule has 0 atom stereocenters. The van der Waals surface area contributed by atoms with E-state index in [9.17, 15) is 0 Å². The van der Waals surface area contributed by atoms with Gasteiger partial charge in [-0.1, -0.05) is 6.92 Å². The lowest BCUT2D eigenvalue weighted by Crippen LogP contribution is -2.35. The van der Waals surface area contributed by atoms with Crippen LogP contribution in [-0.4, -0.2) is 39.1 Å². The molecule has 3 heterocycles. The maximum absolute atomic E-state index is 5.48. The van der Waals surface area contributed by atoms with Crippen molar-refractivity contribution < 1.29 is 0 Å². The lowest BCUT2D eigenvalue weighted by atomic mass is 10.0. The third kappa shape index (κ3) is 2.44. The van der Waals surface area contributed by atoms with E-state index in [0.29, 0.717) is 6.04 Å². The number of nitrogens with zero attached hydrogens (tertiary/aromatic N) is 3. The number of H-pyrrole nitrogens is 1. The number of hydrogen-bond donors (Lipinski definition) is 1. The van der Waals surface area contributed by atoms with Gasteiger partial charge in [-0.2, -0.15) is 0 Å². The Balaban J connectivity index is 1.86. The predicted octanol–water partition coefficient (Wildman–Crippen LogP) is 3.14. The van der Waals surface area contributed by atoms with Gasteiger partial charge < -0.3 is 14.5 Å². The van der Waals surface area contributed by atoms with Crippen LogP contribution in [0.3, 0.4) is 0 Å². The van der Waals surface area contributed by atoms with Crippen molar-refractivity contribution >= 4 is 23.3 Å². The SMILES string of the molecule is CCCN1CCC(n2c(=S)[nH]c3cnccc32)CC1. The van der Waals surface area contributed by atoms with E-state index in [1.165, 1.54) is 44.4 Å². The number of rotatable bonds is 3. The molecule has 1 aliphatic heterocycles. The summed E-state index contributed by atoms with van der Waals surface area (Å²) in [7, 11) is 0. The van der Waals surface area contributed by atoms with E-state index in [-0.39, 0.29) is 0 Å². The van der Waals surface area contributed by atoms with Gasteiger partial charge in [0.1, 0.15) is 0 Å². The monoisotopic (exact) mass is 276 g/mol. The summed E-state index contributed by atoms with van der Waals surface area (Å²) in [6.07, 6.45) is 7.30. The van der Waals surface area contributed by atoms with Gasteiger partial charge in [0.15, 0.2) is 4.77 Å². The van der Waals surface area contributed by atoms with Crippen LogP contribution < -0.4 is 0 Å². The molecule has 1 saturated heterocycles. The molecular formula is C14H20N4S. The van der Waals surface area contributed by atoms with Gasteiger partial charge in [-0.3, -0.25) is 4.98 Å². The van der Waals surface area contributed by atoms with Gasteiger partial charge in [-0.25, -0.2) is 0 Å². The fraction of sp³-hybridized carbons (Fsp3) is 0.571. The van der Waals surface area contributed by atoms with Crippen LogP contribution in [0.5, 0.6) is 0 Å². The lowest BCUT2D eigenvalue weighted by molar-refractivity contribution is 0.188. The number of aromatic nitrogens is 3. The standard InChI is InChI=1S/C14H20N4S/c1-2-7-17-8-4-11(5-9-17)18-13-3-6-15-10-12(13)16-14(18)19/h3,6,10-11H,2,4-5,7-9H2,1H3,(H,16,19). The molecular weight excluding hydrogens is 256 g/mol. The van der Waals surface area contributed by atoms with Crippen LogP contribution in [0.1, 0.15) is 32.2 Å².